The molecule has 0 aliphatic rings. The first-order valence-corrected chi connectivity index (χ1v) is 9.56. The molecule has 0 fully saturated rings. The van der Waals surface area contributed by atoms with Crippen LogP contribution in [0.25, 0.3) is 0 Å². The van der Waals surface area contributed by atoms with E-state index in [1.54, 1.807) is 24.8 Å². The van der Waals surface area contributed by atoms with E-state index in [2.05, 4.69) is 23.9 Å². The molecule has 3 nitrogen and oxygen atoms in total. The van der Waals surface area contributed by atoms with Gasteiger partial charge in [-0.15, -0.1) is 0 Å². The van der Waals surface area contributed by atoms with Crippen LogP contribution in [0.3, 0.4) is 0 Å². The quantitative estimate of drug-likeness (QED) is 0.301. The van der Waals surface area contributed by atoms with Crippen LogP contribution in [-0.4, -0.2) is 25.7 Å². The minimum atomic E-state index is -1.92. The molecule has 0 aromatic carbocycles. The Morgan fingerprint density at radius 2 is 2.20 bits per heavy atom. The highest BCUT2D eigenvalue weighted by Gasteiger charge is 2.13. The predicted octanol–water partition coefficient (Wildman–Crippen LogP) is 3.42. The van der Waals surface area contributed by atoms with Crippen LogP contribution < -0.4 is 5.09 Å². The van der Waals surface area contributed by atoms with Gasteiger partial charge >= 0.3 is 0 Å². The standard InChI is InChI=1S/C9H21N2OPS2/c1-4-6-8-15-13(14,12-3)11-9-10-7-5-2/h9H,4-8H2,1-3H3,(H,10,11,14). The van der Waals surface area contributed by atoms with Gasteiger partial charge in [0.2, 0.25) is 5.62 Å². The SMILES string of the molecule is CCCCSP(=S)(N/C=N/CCC)OC. The Morgan fingerprint density at radius 1 is 1.47 bits per heavy atom. The van der Waals surface area contributed by atoms with E-state index in [1.165, 1.54) is 12.8 Å². The lowest BCUT2D eigenvalue weighted by molar-refractivity contribution is 0.467. The van der Waals surface area contributed by atoms with Crippen LogP contribution in [0.4, 0.5) is 0 Å². The molecule has 0 heterocycles. The normalized spacial score (nSPS) is 15.4. The number of nitrogens with zero attached hydrogens (tertiary/aromatic N) is 1. The fourth-order valence-electron chi connectivity index (χ4n) is 0.777. The summed E-state index contributed by atoms with van der Waals surface area (Å²) in [5.41, 5.74) is -1.92. The van der Waals surface area contributed by atoms with Gasteiger partial charge in [0.05, 0.1) is 6.34 Å². The minimum Gasteiger partial charge on any atom is -0.330 e. The third-order valence-electron chi connectivity index (χ3n) is 1.66. The van der Waals surface area contributed by atoms with Crippen molar-refractivity contribution >= 4 is 35.1 Å². The molecule has 0 amide bonds. The number of hydrogen-bond acceptors (Lipinski definition) is 4. The van der Waals surface area contributed by atoms with Gasteiger partial charge in [-0.05, 0) is 24.6 Å². The second kappa shape index (κ2) is 9.64. The lowest BCUT2D eigenvalue weighted by Crippen LogP contribution is -2.07. The maximum atomic E-state index is 5.42. The van der Waals surface area contributed by atoms with Gasteiger partial charge < -0.3 is 9.61 Å². The van der Waals surface area contributed by atoms with Crippen molar-refractivity contribution in [1.29, 1.82) is 0 Å². The molecule has 0 saturated carbocycles. The molecule has 1 atom stereocenters. The number of hydrogen-bond donors (Lipinski definition) is 1. The summed E-state index contributed by atoms with van der Waals surface area (Å²) >= 11 is 7.12. The molecule has 1 N–H and O–H groups in total. The Morgan fingerprint density at radius 3 is 2.73 bits per heavy atom. The van der Waals surface area contributed by atoms with Crippen molar-refractivity contribution in [3.8, 4) is 0 Å². The van der Waals surface area contributed by atoms with Crippen LogP contribution in [0.15, 0.2) is 4.99 Å². The fourth-order valence-corrected chi connectivity index (χ4v) is 4.55. The first-order valence-electron chi connectivity index (χ1n) is 5.25. The van der Waals surface area contributed by atoms with Gasteiger partial charge in [-0.2, -0.15) is 0 Å². The molecule has 0 saturated heterocycles. The highest BCUT2D eigenvalue weighted by molar-refractivity contribution is 8.68. The molecule has 0 aliphatic heterocycles. The van der Waals surface area contributed by atoms with Crippen LogP contribution in [0.2, 0.25) is 0 Å². The molecule has 6 heteroatoms. The number of aliphatic imine (C=N–C) groups is 1. The second-order valence-corrected chi connectivity index (χ2v) is 9.87. The molecule has 0 aliphatic carbocycles. The first kappa shape index (κ1) is 15.4. The van der Waals surface area contributed by atoms with E-state index < -0.39 is 5.62 Å². The average Bonchev–Trinajstić information content (AvgIpc) is 2.25. The van der Waals surface area contributed by atoms with Gasteiger partial charge in [0.1, 0.15) is 0 Å². The van der Waals surface area contributed by atoms with Crippen LogP contribution in [-0.2, 0) is 16.3 Å². The number of unbranched alkanes of at least 4 members (excludes halogenated alkanes) is 1. The topological polar surface area (TPSA) is 33.6 Å². The van der Waals surface area contributed by atoms with E-state index in [9.17, 15) is 0 Å². The molecule has 0 spiro atoms. The van der Waals surface area contributed by atoms with Gasteiger partial charge in [-0.25, -0.2) is 0 Å². The van der Waals surface area contributed by atoms with E-state index in [0.717, 1.165) is 18.7 Å². The van der Waals surface area contributed by atoms with Crippen molar-refractivity contribution in [3.05, 3.63) is 0 Å². The molecule has 0 aromatic rings. The van der Waals surface area contributed by atoms with E-state index in [4.69, 9.17) is 16.3 Å². The lowest BCUT2D eigenvalue weighted by atomic mass is 10.4. The van der Waals surface area contributed by atoms with Crippen molar-refractivity contribution in [2.45, 2.75) is 33.1 Å². The summed E-state index contributed by atoms with van der Waals surface area (Å²) in [6.07, 6.45) is 5.12. The van der Waals surface area contributed by atoms with Crippen molar-refractivity contribution < 1.29 is 4.52 Å². The lowest BCUT2D eigenvalue weighted by Gasteiger charge is -2.18. The average molecular weight is 268 g/mol. The zero-order chi connectivity index (χ0) is 11.6. The highest BCUT2D eigenvalue weighted by atomic mass is 32.9. The number of rotatable bonds is 9. The Kier molecular flexibility index (Phi) is 9.92. The van der Waals surface area contributed by atoms with Gasteiger partial charge in [-0.1, -0.05) is 31.7 Å². The summed E-state index contributed by atoms with van der Waals surface area (Å²) in [4.78, 5) is 4.18. The summed E-state index contributed by atoms with van der Waals surface area (Å²) in [6.45, 7) is 5.11. The van der Waals surface area contributed by atoms with Crippen LogP contribution in [0, 0.1) is 0 Å². The van der Waals surface area contributed by atoms with Gasteiger partial charge in [0.25, 0.3) is 0 Å². The van der Waals surface area contributed by atoms with Gasteiger partial charge in [0.15, 0.2) is 0 Å². The third-order valence-corrected chi connectivity index (χ3v) is 7.43. The molecular formula is C9H21N2OPS2. The molecule has 90 valence electrons. The maximum Gasteiger partial charge on any atom is 0.210 e. The maximum absolute atomic E-state index is 5.42. The minimum absolute atomic E-state index is 0.839. The summed E-state index contributed by atoms with van der Waals surface area (Å²) in [5.74, 6) is 1.05. The summed E-state index contributed by atoms with van der Waals surface area (Å²) < 4.78 is 5.35. The van der Waals surface area contributed by atoms with Crippen LogP contribution in [0.5, 0.6) is 0 Å². The van der Waals surface area contributed by atoms with E-state index >= 15 is 0 Å². The third kappa shape index (κ3) is 8.26. The molecule has 0 aromatic heterocycles. The van der Waals surface area contributed by atoms with E-state index in [1.807, 2.05) is 0 Å². The molecule has 15 heavy (non-hydrogen) atoms. The summed E-state index contributed by atoms with van der Waals surface area (Å²) in [7, 11) is 1.67. The zero-order valence-electron chi connectivity index (χ0n) is 9.73. The molecule has 1 unspecified atom stereocenters. The largest absolute Gasteiger partial charge is 0.330 e. The molecule has 0 bridgehead atoms. The van der Waals surface area contributed by atoms with Crippen molar-refractivity contribution in [1.82, 2.24) is 5.09 Å². The van der Waals surface area contributed by atoms with Crippen LogP contribution >= 0.6 is 17.0 Å². The van der Waals surface area contributed by atoms with E-state index in [-0.39, 0.29) is 0 Å². The Balaban J connectivity index is 3.90. The highest BCUT2D eigenvalue weighted by Crippen LogP contribution is 2.55. The first-order chi connectivity index (χ1) is 7.18. The summed E-state index contributed by atoms with van der Waals surface area (Å²) in [6, 6.07) is 0. The number of nitrogens with one attached hydrogen (secondary N) is 1. The summed E-state index contributed by atoms with van der Waals surface area (Å²) in [5, 5.41) is 3.11. The smallest absolute Gasteiger partial charge is 0.210 e. The van der Waals surface area contributed by atoms with Gasteiger partial charge in [0, 0.05) is 19.4 Å². The fraction of sp³-hybridized carbons (Fsp3) is 0.889. The molecule has 0 radical (unpaired) electrons. The van der Waals surface area contributed by atoms with Gasteiger partial charge in [-0.3, -0.25) is 4.99 Å². The molecule has 0 rings (SSSR count). The predicted molar refractivity (Wildman–Crippen MR) is 75.4 cm³/mol. The monoisotopic (exact) mass is 268 g/mol. The Hall–Kier alpha value is 0.430. The molecular weight excluding hydrogens is 247 g/mol. The second-order valence-electron chi connectivity index (χ2n) is 3.03. The Labute approximate surface area is 102 Å². The zero-order valence-corrected chi connectivity index (χ0v) is 12.3. The van der Waals surface area contributed by atoms with Crippen LogP contribution in [0.1, 0.15) is 33.1 Å². The van der Waals surface area contributed by atoms with Crippen molar-refractivity contribution in [2.75, 3.05) is 19.4 Å². The Bertz CT molecular complexity index is 224. The van der Waals surface area contributed by atoms with E-state index in [0.29, 0.717) is 0 Å². The van der Waals surface area contributed by atoms with Crippen molar-refractivity contribution in [2.24, 2.45) is 4.99 Å². The van der Waals surface area contributed by atoms with Crippen molar-refractivity contribution in [3.63, 3.8) is 0 Å².